The van der Waals surface area contributed by atoms with Crippen LogP contribution in [0.25, 0.3) is 0 Å². The lowest BCUT2D eigenvalue weighted by molar-refractivity contribution is -0.132. The van der Waals surface area contributed by atoms with Crippen LogP contribution in [0.15, 0.2) is 0 Å². The van der Waals surface area contributed by atoms with Crippen molar-refractivity contribution in [1.29, 1.82) is 0 Å². The van der Waals surface area contributed by atoms with E-state index in [-0.39, 0.29) is 18.3 Å². The average Bonchev–Trinajstić information content (AvgIpc) is 3.09. The van der Waals surface area contributed by atoms with Gasteiger partial charge in [0, 0.05) is 36.9 Å². The zero-order valence-electron chi connectivity index (χ0n) is 15.8. The minimum atomic E-state index is 0. The molecule has 1 unspecified atom stereocenters. The van der Waals surface area contributed by atoms with Crippen molar-refractivity contribution in [2.24, 2.45) is 5.92 Å². The van der Waals surface area contributed by atoms with Gasteiger partial charge in [-0.1, -0.05) is 20.8 Å². The molecule has 0 saturated carbocycles. The highest BCUT2D eigenvalue weighted by Gasteiger charge is 2.27. The summed E-state index contributed by atoms with van der Waals surface area (Å²) in [6.45, 7) is 14.3. The molecule has 1 amide bonds. The van der Waals surface area contributed by atoms with Gasteiger partial charge < -0.3 is 10.2 Å². The van der Waals surface area contributed by atoms with Crippen molar-refractivity contribution >= 4 is 18.3 Å². The number of nitrogens with zero attached hydrogens (tertiary/aromatic N) is 3. The second-order valence-corrected chi connectivity index (χ2v) is 7.14. The first-order valence-electron chi connectivity index (χ1n) is 8.97. The van der Waals surface area contributed by atoms with E-state index in [1.54, 1.807) is 0 Å². The Labute approximate surface area is 152 Å². The molecule has 2 heterocycles. The predicted molar refractivity (Wildman–Crippen MR) is 101 cm³/mol. The molecule has 1 N–H and O–H groups in total. The third kappa shape index (κ3) is 4.96. The van der Waals surface area contributed by atoms with E-state index in [1.165, 1.54) is 0 Å². The van der Waals surface area contributed by atoms with Crippen molar-refractivity contribution in [1.82, 2.24) is 20.0 Å². The fourth-order valence-electron chi connectivity index (χ4n) is 3.42. The van der Waals surface area contributed by atoms with Gasteiger partial charge >= 0.3 is 0 Å². The van der Waals surface area contributed by atoms with E-state index in [4.69, 9.17) is 0 Å². The lowest BCUT2D eigenvalue weighted by Gasteiger charge is -2.28. The van der Waals surface area contributed by atoms with Crippen molar-refractivity contribution < 1.29 is 4.79 Å². The summed E-state index contributed by atoms with van der Waals surface area (Å²) in [6.07, 6.45) is 2.55. The van der Waals surface area contributed by atoms with Crippen LogP contribution in [0.1, 0.15) is 50.6 Å². The quantitative estimate of drug-likeness (QED) is 0.817. The van der Waals surface area contributed by atoms with Crippen LogP contribution in [0.2, 0.25) is 0 Å². The Morgan fingerprint density at radius 1 is 1.42 bits per heavy atom. The Morgan fingerprint density at radius 3 is 2.67 bits per heavy atom. The Kier molecular flexibility index (Phi) is 8.23. The Morgan fingerprint density at radius 2 is 2.12 bits per heavy atom. The number of aryl methyl sites for hydroxylation is 1. The molecule has 138 valence electrons. The maximum absolute atomic E-state index is 12.9. The van der Waals surface area contributed by atoms with Crippen molar-refractivity contribution in [3.8, 4) is 0 Å². The zero-order chi connectivity index (χ0) is 17.0. The van der Waals surface area contributed by atoms with Crippen LogP contribution in [0, 0.1) is 19.8 Å². The molecule has 0 radical (unpaired) electrons. The van der Waals surface area contributed by atoms with Crippen LogP contribution in [-0.4, -0.2) is 46.3 Å². The monoisotopic (exact) mass is 356 g/mol. The first-order valence-corrected chi connectivity index (χ1v) is 8.97. The van der Waals surface area contributed by atoms with Crippen LogP contribution in [0.5, 0.6) is 0 Å². The van der Waals surface area contributed by atoms with Crippen LogP contribution in [0.3, 0.4) is 0 Å². The Bertz CT molecular complexity index is 535. The van der Waals surface area contributed by atoms with E-state index in [1.807, 2.05) is 6.92 Å². The van der Waals surface area contributed by atoms with Gasteiger partial charge in [-0.15, -0.1) is 12.4 Å². The third-order valence-electron chi connectivity index (χ3n) is 4.66. The van der Waals surface area contributed by atoms with E-state index < -0.39 is 0 Å². The van der Waals surface area contributed by atoms with E-state index in [2.05, 4.69) is 47.7 Å². The van der Waals surface area contributed by atoms with Crippen molar-refractivity contribution in [2.45, 2.75) is 66.5 Å². The molecule has 1 aromatic heterocycles. The number of nitrogens with one attached hydrogen (secondary N) is 1. The normalized spacial score (nSPS) is 17.2. The maximum atomic E-state index is 12.9. The molecule has 5 nitrogen and oxygen atoms in total. The summed E-state index contributed by atoms with van der Waals surface area (Å²) in [4.78, 5) is 15.0. The Balaban J connectivity index is 0.00000288. The van der Waals surface area contributed by atoms with Gasteiger partial charge in [0.05, 0.1) is 12.1 Å². The van der Waals surface area contributed by atoms with Crippen LogP contribution in [-0.2, 0) is 17.8 Å². The molecule has 6 heteroatoms. The predicted octanol–water partition coefficient (Wildman–Crippen LogP) is 2.72. The van der Waals surface area contributed by atoms with Gasteiger partial charge in [0.15, 0.2) is 0 Å². The largest absolute Gasteiger partial charge is 0.338 e. The molecule has 0 aromatic carbocycles. The van der Waals surface area contributed by atoms with Gasteiger partial charge in [-0.25, -0.2) is 0 Å². The summed E-state index contributed by atoms with van der Waals surface area (Å²) in [5.41, 5.74) is 3.26. The van der Waals surface area contributed by atoms with Gasteiger partial charge in [-0.05, 0) is 39.2 Å². The zero-order valence-corrected chi connectivity index (χ0v) is 16.6. The molecule has 24 heavy (non-hydrogen) atoms. The molecule has 1 aliphatic rings. The van der Waals surface area contributed by atoms with Crippen LogP contribution in [0.4, 0.5) is 0 Å². The molecule has 1 fully saturated rings. The number of rotatable bonds is 7. The molecule has 1 saturated heterocycles. The minimum absolute atomic E-state index is 0. The van der Waals surface area contributed by atoms with Gasteiger partial charge in [-0.2, -0.15) is 5.10 Å². The molecule has 1 atom stereocenters. The number of hydrogen-bond donors (Lipinski definition) is 1. The van der Waals surface area contributed by atoms with Crippen LogP contribution < -0.4 is 5.32 Å². The summed E-state index contributed by atoms with van der Waals surface area (Å²) >= 11 is 0. The van der Waals surface area contributed by atoms with Crippen molar-refractivity contribution in [3.63, 3.8) is 0 Å². The standard InChI is InChI=1S/C18H32N4O.ClH/c1-6-9-21(16-7-8-19-11-16)18(23)10-17-14(4)20-22(15(17)5)12-13(2)3;/h13,16,19H,6-12H2,1-5H3;1H. The van der Waals surface area contributed by atoms with Gasteiger partial charge in [0.1, 0.15) is 0 Å². The number of carbonyl (C=O) groups excluding carboxylic acids is 1. The van der Waals surface area contributed by atoms with Gasteiger partial charge in [0.2, 0.25) is 5.91 Å². The van der Waals surface area contributed by atoms with Crippen molar-refractivity contribution in [3.05, 3.63) is 17.0 Å². The number of carbonyl (C=O) groups is 1. The van der Waals surface area contributed by atoms with E-state index in [0.717, 1.165) is 56.0 Å². The van der Waals surface area contributed by atoms with E-state index in [0.29, 0.717) is 18.4 Å². The topological polar surface area (TPSA) is 50.2 Å². The number of halogens is 1. The molecule has 2 rings (SSSR count). The number of hydrogen-bond acceptors (Lipinski definition) is 3. The van der Waals surface area contributed by atoms with Crippen molar-refractivity contribution in [2.75, 3.05) is 19.6 Å². The second kappa shape index (κ2) is 9.42. The molecule has 1 aliphatic heterocycles. The molecular formula is C18H33ClN4O. The average molecular weight is 357 g/mol. The molecular weight excluding hydrogens is 324 g/mol. The Hall–Kier alpha value is -1.07. The SMILES string of the molecule is CCCN(C(=O)Cc1c(C)nn(CC(C)C)c1C)C1CCNC1.Cl. The highest BCUT2D eigenvalue weighted by atomic mass is 35.5. The van der Waals surface area contributed by atoms with E-state index >= 15 is 0 Å². The third-order valence-corrected chi connectivity index (χ3v) is 4.66. The van der Waals surface area contributed by atoms with Gasteiger partial charge in [0.25, 0.3) is 0 Å². The van der Waals surface area contributed by atoms with Gasteiger partial charge in [-0.3, -0.25) is 9.48 Å². The summed E-state index contributed by atoms with van der Waals surface area (Å²) < 4.78 is 2.06. The maximum Gasteiger partial charge on any atom is 0.227 e. The first-order chi connectivity index (χ1) is 10.9. The minimum Gasteiger partial charge on any atom is -0.338 e. The highest BCUT2D eigenvalue weighted by Crippen LogP contribution is 2.18. The smallest absolute Gasteiger partial charge is 0.227 e. The number of amides is 1. The fraction of sp³-hybridized carbons (Fsp3) is 0.778. The summed E-state index contributed by atoms with van der Waals surface area (Å²) in [6, 6.07) is 0.355. The fourth-order valence-corrected chi connectivity index (χ4v) is 3.42. The second-order valence-electron chi connectivity index (χ2n) is 7.14. The van der Waals surface area contributed by atoms with Crippen LogP contribution >= 0.6 is 12.4 Å². The summed E-state index contributed by atoms with van der Waals surface area (Å²) in [5.74, 6) is 0.800. The highest BCUT2D eigenvalue weighted by molar-refractivity contribution is 5.85. The molecule has 1 aromatic rings. The van der Waals surface area contributed by atoms with E-state index in [9.17, 15) is 4.79 Å². The molecule has 0 bridgehead atoms. The molecule has 0 spiro atoms. The number of aromatic nitrogens is 2. The summed E-state index contributed by atoms with van der Waals surface area (Å²) in [5, 5.41) is 8.01. The lowest BCUT2D eigenvalue weighted by atomic mass is 10.1. The summed E-state index contributed by atoms with van der Waals surface area (Å²) in [7, 11) is 0. The lowest BCUT2D eigenvalue weighted by Crippen LogP contribution is -2.43. The molecule has 0 aliphatic carbocycles. The first kappa shape index (κ1) is 21.0.